The number of ether oxygens (including phenoxy) is 3. The number of methoxy groups -OCH3 is 2. The fourth-order valence-corrected chi connectivity index (χ4v) is 4.27. The summed E-state index contributed by atoms with van der Waals surface area (Å²) < 4.78 is 16.4. The molecule has 0 amide bonds. The van der Waals surface area contributed by atoms with Gasteiger partial charge >= 0.3 is 0 Å². The monoisotopic (exact) mass is 421 g/mol. The Morgan fingerprint density at radius 1 is 1.03 bits per heavy atom. The van der Waals surface area contributed by atoms with Crippen molar-refractivity contribution in [3.05, 3.63) is 66.4 Å². The quantitative estimate of drug-likeness (QED) is 0.510. The van der Waals surface area contributed by atoms with Crippen molar-refractivity contribution in [2.75, 3.05) is 51.9 Å². The van der Waals surface area contributed by atoms with Crippen molar-refractivity contribution in [3.8, 4) is 5.75 Å². The Balaban J connectivity index is 1.57. The van der Waals surface area contributed by atoms with Crippen LogP contribution in [-0.2, 0) is 9.47 Å². The van der Waals surface area contributed by atoms with Crippen molar-refractivity contribution in [2.24, 2.45) is 0 Å². The number of benzene rings is 2. The van der Waals surface area contributed by atoms with E-state index in [0.717, 1.165) is 37.7 Å². The standard InChI is InChI=1S/C25H31N3O3/c1-4-27-14-15-28(25-22-11-6-5-8-19(22)12-13-26-25)17-23(27)20-9-7-10-21(16-20)31-18-24(29-2)30-3/h5-13,16,23-24H,4,14-15,17-18H2,1-3H3. The van der Waals surface area contributed by atoms with E-state index in [1.165, 1.54) is 16.3 Å². The van der Waals surface area contributed by atoms with Gasteiger partial charge in [0.2, 0.25) is 0 Å². The fourth-order valence-electron chi connectivity index (χ4n) is 4.27. The third kappa shape index (κ3) is 4.82. The molecule has 6 nitrogen and oxygen atoms in total. The van der Waals surface area contributed by atoms with E-state index in [0.29, 0.717) is 6.61 Å². The average Bonchev–Trinajstić information content (AvgIpc) is 2.84. The maximum atomic E-state index is 5.92. The highest BCUT2D eigenvalue weighted by Gasteiger charge is 2.29. The molecule has 1 aromatic heterocycles. The zero-order chi connectivity index (χ0) is 21.6. The molecular formula is C25H31N3O3. The highest BCUT2D eigenvalue weighted by molar-refractivity contribution is 5.92. The molecule has 164 valence electrons. The van der Waals surface area contributed by atoms with Gasteiger partial charge in [0.25, 0.3) is 0 Å². The maximum absolute atomic E-state index is 5.92. The van der Waals surface area contributed by atoms with Crippen LogP contribution in [0, 0.1) is 0 Å². The number of piperazine rings is 1. The van der Waals surface area contributed by atoms with E-state index in [2.05, 4.69) is 65.3 Å². The van der Waals surface area contributed by atoms with Crippen molar-refractivity contribution in [3.63, 3.8) is 0 Å². The van der Waals surface area contributed by atoms with Crippen LogP contribution in [0.3, 0.4) is 0 Å². The molecule has 2 aromatic carbocycles. The van der Waals surface area contributed by atoms with Crippen LogP contribution in [0.25, 0.3) is 10.8 Å². The molecule has 0 aliphatic carbocycles. The number of fused-ring (bicyclic) bond motifs is 1. The van der Waals surface area contributed by atoms with Gasteiger partial charge in [0.1, 0.15) is 18.2 Å². The van der Waals surface area contributed by atoms with Gasteiger partial charge in [-0.15, -0.1) is 0 Å². The molecule has 6 heteroatoms. The van der Waals surface area contributed by atoms with Gasteiger partial charge in [-0.2, -0.15) is 0 Å². The van der Waals surface area contributed by atoms with E-state index in [1.54, 1.807) is 14.2 Å². The normalized spacial score (nSPS) is 17.4. The van der Waals surface area contributed by atoms with Gasteiger partial charge < -0.3 is 19.1 Å². The Kier molecular flexibility index (Phi) is 7.02. The molecule has 1 unspecified atom stereocenters. The van der Waals surface area contributed by atoms with Crippen molar-refractivity contribution in [1.29, 1.82) is 0 Å². The van der Waals surface area contributed by atoms with Gasteiger partial charge in [0.15, 0.2) is 6.29 Å². The number of hydrogen-bond donors (Lipinski definition) is 0. The largest absolute Gasteiger partial charge is 0.488 e. The third-order valence-corrected chi connectivity index (χ3v) is 6.00. The summed E-state index contributed by atoms with van der Waals surface area (Å²) >= 11 is 0. The molecule has 1 fully saturated rings. The van der Waals surface area contributed by atoms with E-state index in [9.17, 15) is 0 Å². The van der Waals surface area contributed by atoms with Gasteiger partial charge in [-0.05, 0) is 35.7 Å². The first-order valence-corrected chi connectivity index (χ1v) is 10.8. The van der Waals surface area contributed by atoms with Crippen LogP contribution in [0.4, 0.5) is 5.82 Å². The molecule has 1 atom stereocenters. The smallest absolute Gasteiger partial charge is 0.191 e. The zero-order valence-electron chi connectivity index (χ0n) is 18.5. The fraction of sp³-hybridized carbons (Fsp3) is 0.400. The molecule has 0 N–H and O–H groups in total. The molecule has 4 rings (SSSR count). The van der Waals surface area contributed by atoms with Gasteiger partial charge in [-0.1, -0.05) is 43.3 Å². The third-order valence-electron chi connectivity index (χ3n) is 6.00. The maximum Gasteiger partial charge on any atom is 0.191 e. The second-order valence-corrected chi connectivity index (χ2v) is 7.73. The first kappa shape index (κ1) is 21.6. The molecule has 0 spiro atoms. The summed E-state index contributed by atoms with van der Waals surface area (Å²) in [4.78, 5) is 9.69. The highest BCUT2D eigenvalue weighted by atomic mass is 16.7. The first-order chi connectivity index (χ1) is 15.2. The minimum absolute atomic E-state index is 0.267. The van der Waals surface area contributed by atoms with Gasteiger partial charge in [0.05, 0.1) is 6.04 Å². The molecule has 1 aliphatic rings. The van der Waals surface area contributed by atoms with Gasteiger partial charge in [-0.3, -0.25) is 4.90 Å². The van der Waals surface area contributed by atoms with E-state index in [1.807, 2.05) is 12.3 Å². The highest BCUT2D eigenvalue weighted by Crippen LogP contribution is 2.32. The first-order valence-electron chi connectivity index (χ1n) is 10.8. The van der Waals surface area contributed by atoms with Crippen LogP contribution in [0.15, 0.2) is 60.8 Å². The van der Waals surface area contributed by atoms with Crippen LogP contribution in [0.2, 0.25) is 0 Å². The lowest BCUT2D eigenvalue weighted by molar-refractivity contribution is -0.121. The molecule has 31 heavy (non-hydrogen) atoms. The van der Waals surface area contributed by atoms with Gasteiger partial charge in [0, 0.05) is 45.4 Å². The van der Waals surface area contributed by atoms with Crippen molar-refractivity contribution in [2.45, 2.75) is 19.3 Å². The summed E-state index contributed by atoms with van der Waals surface area (Å²) in [5, 5.41) is 2.43. The minimum Gasteiger partial charge on any atom is -0.488 e. The summed E-state index contributed by atoms with van der Waals surface area (Å²) in [6, 6.07) is 19.2. The van der Waals surface area contributed by atoms with E-state index in [-0.39, 0.29) is 12.3 Å². The average molecular weight is 422 g/mol. The second kappa shape index (κ2) is 10.1. The van der Waals surface area contributed by atoms with E-state index < -0.39 is 0 Å². The number of aromatic nitrogens is 1. The van der Waals surface area contributed by atoms with Crippen LogP contribution in [-0.4, -0.2) is 63.2 Å². The summed E-state index contributed by atoms with van der Waals surface area (Å²) in [5.41, 5.74) is 1.25. The van der Waals surface area contributed by atoms with E-state index >= 15 is 0 Å². The van der Waals surface area contributed by atoms with E-state index in [4.69, 9.17) is 19.2 Å². The predicted molar refractivity (Wildman–Crippen MR) is 124 cm³/mol. The topological polar surface area (TPSA) is 47.1 Å². The van der Waals surface area contributed by atoms with Crippen LogP contribution >= 0.6 is 0 Å². The number of anilines is 1. The lowest BCUT2D eigenvalue weighted by Gasteiger charge is -2.42. The van der Waals surface area contributed by atoms with Crippen molar-refractivity contribution >= 4 is 16.6 Å². The second-order valence-electron chi connectivity index (χ2n) is 7.73. The van der Waals surface area contributed by atoms with Gasteiger partial charge in [-0.25, -0.2) is 4.98 Å². The molecule has 0 bridgehead atoms. The lowest BCUT2D eigenvalue weighted by atomic mass is 10.0. The molecule has 0 saturated carbocycles. The molecule has 1 saturated heterocycles. The molecule has 3 aromatic rings. The summed E-state index contributed by atoms with van der Waals surface area (Å²) in [6.45, 7) is 6.42. The van der Waals surface area contributed by atoms with Crippen LogP contribution in [0.1, 0.15) is 18.5 Å². The lowest BCUT2D eigenvalue weighted by Crippen LogP contribution is -2.48. The van der Waals surface area contributed by atoms with Crippen LogP contribution in [0.5, 0.6) is 5.75 Å². The molecular weight excluding hydrogens is 390 g/mol. The van der Waals surface area contributed by atoms with Crippen LogP contribution < -0.4 is 9.64 Å². The Morgan fingerprint density at radius 2 is 1.87 bits per heavy atom. The number of nitrogens with zero attached hydrogens (tertiary/aromatic N) is 3. The number of hydrogen-bond acceptors (Lipinski definition) is 6. The van der Waals surface area contributed by atoms with Crippen molar-refractivity contribution in [1.82, 2.24) is 9.88 Å². The molecule has 0 radical (unpaired) electrons. The Morgan fingerprint density at radius 3 is 2.68 bits per heavy atom. The number of likely N-dealkylation sites (N-methyl/N-ethyl adjacent to an activating group) is 1. The Bertz CT molecular complexity index is 987. The summed E-state index contributed by atoms with van der Waals surface area (Å²) in [7, 11) is 3.23. The minimum atomic E-state index is -0.376. The molecule has 1 aliphatic heterocycles. The zero-order valence-corrected chi connectivity index (χ0v) is 18.5. The Hall–Kier alpha value is -2.67. The SMILES string of the molecule is CCN1CCN(c2nccc3ccccc23)CC1c1cccc(OCC(OC)OC)c1. The summed E-state index contributed by atoms with van der Waals surface area (Å²) in [6.07, 6.45) is 1.54. The molecule has 2 heterocycles. The summed E-state index contributed by atoms with van der Waals surface area (Å²) in [5.74, 6) is 1.89. The predicted octanol–water partition coefficient (Wildman–Crippen LogP) is 4.12. The Labute approximate surface area is 184 Å². The van der Waals surface area contributed by atoms with Crippen molar-refractivity contribution < 1.29 is 14.2 Å². The number of rotatable bonds is 8. The number of pyridine rings is 1.